The van der Waals surface area contributed by atoms with Crippen molar-refractivity contribution in [1.82, 2.24) is 15.5 Å². The topological polar surface area (TPSA) is 51.0 Å². The Labute approximate surface area is 120 Å². The molecule has 20 heavy (non-hydrogen) atoms. The van der Waals surface area contributed by atoms with Crippen LogP contribution in [0.1, 0.15) is 45.6 Å². The molecule has 0 radical (unpaired) electrons. The zero-order chi connectivity index (χ0) is 14.6. The molecule has 1 aromatic carbocycles. The lowest BCUT2D eigenvalue weighted by atomic mass is 9.87. The summed E-state index contributed by atoms with van der Waals surface area (Å²) in [7, 11) is 0. The minimum Gasteiger partial charge on any atom is -0.419 e. The molecule has 0 atom stereocenters. The van der Waals surface area contributed by atoms with Crippen molar-refractivity contribution >= 4 is 0 Å². The Morgan fingerprint density at radius 2 is 1.80 bits per heavy atom. The molecule has 1 heterocycles. The highest BCUT2D eigenvalue weighted by Gasteiger charge is 2.14. The Kier molecular flexibility index (Phi) is 4.55. The normalized spacial score (nSPS) is 11.8. The van der Waals surface area contributed by atoms with E-state index in [1.165, 1.54) is 5.56 Å². The minimum atomic E-state index is 0.155. The van der Waals surface area contributed by atoms with E-state index in [2.05, 4.69) is 55.3 Å². The summed E-state index contributed by atoms with van der Waals surface area (Å²) in [5.74, 6) is 1.21. The van der Waals surface area contributed by atoms with Crippen LogP contribution in [0.5, 0.6) is 0 Å². The summed E-state index contributed by atoms with van der Waals surface area (Å²) >= 11 is 0. The van der Waals surface area contributed by atoms with Gasteiger partial charge in [0.2, 0.25) is 11.8 Å². The zero-order valence-corrected chi connectivity index (χ0v) is 12.7. The molecule has 0 unspecified atom stereocenters. The quantitative estimate of drug-likeness (QED) is 0.847. The number of rotatable bonds is 5. The summed E-state index contributed by atoms with van der Waals surface area (Å²) in [5, 5.41) is 11.4. The summed E-state index contributed by atoms with van der Waals surface area (Å²) in [6, 6.07) is 8.32. The molecule has 0 aliphatic heterocycles. The van der Waals surface area contributed by atoms with Crippen LogP contribution >= 0.6 is 0 Å². The maximum atomic E-state index is 5.66. The molecule has 4 nitrogen and oxygen atoms in total. The third-order valence-corrected chi connectivity index (χ3v) is 3.17. The monoisotopic (exact) mass is 273 g/mol. The van der Waals surface area contributed by atoms with Crippen LogP contribution in [0.15, 0.2) is 28.7 Å². The molecule has 0 bridgehead atoms. The van der Waals surface area contributed by atoms with Gasteiger partial charge in [0, 0.05) is 5.56 Å². The number of hydrogen-bond donors (Lipinski definition) is 1. The van der Waals surface area contributed by atoms with Gasteiger partial charge in [-0.05, 0) is 36.1 Å². The molecule has 0 aliphatic carbocycles. The van der Waals surface area contributed by atoms with E-state index in [-0.39, 0.29) is 5.41 Å². The molecule has 2 aromatic rings. The lowest BCUT2D eigenvalue weighted by Crippen LogP contribution is -2.13. The Balaban J connectivity index is 2.08. The molecular weight excluding hydrogens is 250 g/mol. The van der Waals surface area contributed by atoms with Gasteiger partial charge in [-0.2, -0.15) is 0 Å². The van der Waals surface area contributed by atoms with E-state index < -0.39 is 0 Å². The average Bonchev–Trinajstić information content (AvgIpc) is 2.87. The van der Waals surface area contributed by atoms with Crippen LogP contribution in [-0.4, -0.2) is 16.7 Å². The number of benzene rings is 1. The summed E-state index contributed by atoms with van der Waals surface area (Å²) in [4.78, 5) is 0. The van der Waals surface area contributed by atoms with Crippen LogP contribution in [0.3, 0.4) is 0 Å². The average molecular weight is 273 g/mol. The molecule has 0 amide bonds. The van der Waals surface area contributed by atoms with Crippen molar-refractivity contribution in [2.75, 3.05) is 6.54 Å². The maximum absolute atomic E-state index is 5.66. The third-order valence-electron chi connectivity index (χ3n) is 3.17. The van der Waals surface area contributed by atoms with Gasteiger partial charge in [-0.1, -0.05) is 39.8 Å². The second-order valence-electron chi connectivity index (χ2n) is 6.01. The number of aromatic nitrogens is 2. The Bertz CT molecular complexity index is 538. The molecule has 108 valence electrons. The molecule has 1 N–H and O–H groups in total. The van der Waals surface area contributed by atoms with Crippen molar-refractivity contribution in [3.8, 4) is 11.5 Å². The first-order valence-corrected chi connectivity index (χ1v) is 7.14. The minimum absolute atomic E-state index is 0.155. The standard InChI is InChI=1S/C16H23N3O/c1-5-10-17-11-14-18-19-15(20-14)12-6-8-13(9-7-12)16(2,3)4/h6-9,17H,5,10-11H2,1-4H3. The van der Waals surface area contributed by atoms with Crippen LogP contribution in [0.2, 0.25) is 0 Å². The molecule has 0 saturated heterocycles. The molecule has 0 fully saturated rings. The molecular formula is C16H23N3O. The molecule has 0 spiro atoms. The fraction of sp³-hybridized carbons (Fsp3) is 0.500. The van der Waals surface area contributed by atoms with Gasteiger partial charge >= 0.3 is 0 Å². The first-order valence-electron chi connectivity index (χ1n) is 7.14. The van der Waals surface area contributed by atoms with Crippen molar-refractivity contribution in [1.29, 1.82) is 0 Å². The van der Waals surface area contributed by atoms with Crippen LogP contribution in [-0.2, 0) is 12.0 Å². The lowest BCUT2D eigenvalue weighted by molar-refractivity contribution is 0.477. The molecule has 2 rings (SSSR count). The van der Waals surface area contributed by atoms with E-state index in [0.717, 1.165) is 18.5 Å². The van der Waals surface area contributed by atoms with Gasteiger partial charge in [-0.15, -0.1) is 10.2 Å². The van der Waals surface area contributed by atoms with Crippen molar-refractivity contribution in [3.05, 3.63) is 35.7 Å². The summed E-state index contributed by atoms with van der Waals surface area (Å²) in [6.45, 7) is 10.3. The summed E-state index contributed by atoms with van der Waals surface area (Å²) in [6.07, 6.45) is 1.09. The Morgan fingerprint density at radius 1 is 1.10 bits per heavy atom. The highest BCUT2D eigenvalue weighted by atomic mass is 16.4. The molecule has 0 saturated carbocycles. The first-order chi connectivity index (χ1) is 9.50. The van der Waals surface area contributed by atoms with E-state index in [0.29, 0.717) is 18.3 Å². The van der Waals surface area contributed by atoms with Gasteiger partial charge in [0.15, 0.2) is 0 Å². The summed E-state index contributed by atoms with van der Waals surface area (Å²) in [5.41, 5.74) is 2.42. The van der Waals surface area contributed by atoms with Crippen molar-refractivity contribution in [2.24, 2.45) is 0 Å². The van der Waals surface area contributed by atoms with E-state index >= 15 is 0 Å². The second kappa shape index (κ2) is 6.18. The predicted octanol–water partition coefficient (Wildman–Crippen LogP) is 3.53. The Morgan fingerprint density at radius 3 is 2.40 bits per heavy atom. The summed E-state index contributed by atoms with van der Waals surface area (Å²) < 4.78 is 5.66. The fourth-order valence-electron chi connectivity index (χ4n) is 1.93. The van der Waals surface area contributed by atoms with Gasteiger partial charge in [0.1, 0.15) is 0 Å². The van der Waals surface area contributed by atoms with Crippen molar-refractivity contribution in [3.63, 3.8) is 0 Å². The van der Waals surface area contributed by atoms with Gasteiger partial charge in [-0.25, -0.2) is 0 Å². The molecule has 4 heteroatoms. The highest BCUT2D eigenvalue weighted by molar-refractivity contribution is 5.53. The van der Waals surface area contributed by atoms with Crippen LogP contribution in [0, 0.1) is 0 Å². The predicted molar refractivity (Wildman–Crippen MR) is 80.4 cm³/mol. The van der Waals surface area contributed by atoms with Crippen LogP contribution < -0.4 is 5.32 Å². The number of nitrogens with zero attached hydrogens (tertiary/aromatic N) is 2. The van der Waals surface area contributed by atoms with Gasteiger partial charge < -0.3 is 9.73 Å². The van der Waals surface area contributed by atoms with Crippen LogP contribution in [0.25, 0.3) is 11.5 Å². The number of nitrogens with one attached hydrogen (secondary N) is 1. The second-order valence-corrected chi connectivity index (χ2v) is 6.01. The van der Waals surface area contributed by atoms with Gasteiger partial charge in [0.05, 0.1) is 6.54 Å². The number of hydrogen-bond acceptors (Lipinski definition) is 4. The van der Waals surface area contributed by atoms with E-state index in [1.54, 1.807) is 0 Å². The van der Waals surface area contributed by atoms with Crippen molar-refractivity contribution < 1.29 is 4.42 Å². The van der Waals surface area contributed by atoms with Gasteiger partial charge in [0.25, 0.3) is 0 Å². The SMILES string of the molecule is CCCNCc1nnc(-c2ccc(C(C)(C)C)cc2)o1. The van der Waals surface area contributed by atoms with E-state index in [9.17, 15) is 0 Å². The maximum Gasteiger partial charge on any atom is 0.247 e. The first kappa shape index (κ1) is 14.7. The smallest absolute Gasteiger partial charge is 0.247 e. The lowest BCUT2D eigenvalue weighted by Gasteiger charge is -2.18. The Hall–Kier alpha value is -1.68. The zero-order valence-electron chi connectivity index (χ0n) is 12.7. The molecule has 0 aliphatic rings. The van der Waals surface area contributed by atoms with Gasteiger partial charge in [-0.3, -0.25) is 0 Å². The van der Waals surface area contributed by atoms with Crippen molar-refractivity contribution in [2.45, 2.75) is 46.1 Å². The fourth-order valence-corrected chi connectivity index (χ4v) is 1.93. The largest absolute Gasteiger partial charge is 0.419 e. The highest BCUT2D eigenvalue weighted by Crippen LogP contribution is 2.25. The van der Waals surface area contributed by atoms with E-state index in [4.69, 9.17) is 4.42 Å². The molecule has 1 aromatic heterocycles. The third kappa shape index (κ3) is 3.67. The van der Waals surface area contributed by atoms with Crippen LogP contribution in [0.4, 0.5) is 0 Å². The van der Waals surface area contributed by atoms with E-state index in [1.807, 2.05) is 12.1 Å².